The number of aryl methyl sites for hydroxylation is 1. The van der Waals surface area contributed by atoms with Crippen LogP contribution in [0.3, 0.4) is 0 Å². The topological polar surface area (TPSA) is 69.4 Å². The van der Waals surface area contributed by atoms with E-state index in [1.54, 1.807) is 12.1 Å². The molecule has 0 aliphatic carbocycles. The van der Waals surface area contributed by atoms with Gasteiger partial charge in [-0.2, -0.15) is 0 Å². The molecule has 0 fully saturated rings. The number of hydrogen-bond acceptors (Lipinski definition) is 3. The zero-order valence-electron chi connectivity index (χ0n) is 8.15. The average molecular weight is 215 g/mol. The molecule has 0 heterocycles. The number of ether oxygens (including phenoxy) is 1. The lowest BCUT2D eigenvalue weighted by atomic mass is 10.2. The molecule has 14 heavy (non-hydrogen) atoms. The van der Waals surface area contributed by atoms with E-state index < -0.39 is 10.0 Å². The third kappa shape index (κ3) is 2.24. The van der Waals surface area contributed by atoms with Crippen molar-refractivity contribution in [1.29, 1.82) is 0 Å². The summed E-state index contributed by atoms with van der Waals surface area (Å²) in [7, 11) is -2.28. The molecule has 0 aliphatic heterocycles. The molecule has 0 aliphatic rings. The van der Waals surface area contributed by atoms with Crippen LogP contribution >= 0.6 is 0 Å². The lowest BCUT2D eigenvalue weighted by molar-refractivity contribution is 0.402. The van der Waals surface area contributed by atoms with Crippen molar-refractivity contribution in [2.24, 2.45) is 5.14 Å². The van der Waals surface area contributed by atoms with Gasteiger partial charge in [-0.3, -0.25) is 0 Å². The van der Waals surface area contributed by atoms with Crippen LogP contribution in [0.2, 0.25) is 0 Å². The lowest BCUT2D eigenvalue weighted by Crippen LogP contribution is -2.13. The smallest absolute Gasteiger partial charge is 0.241 e. The molecule has 0 unspecified atom stereocenters. The van der Waals surface area contributed by atoms with Gasteiger partial charge in [0, 0.05) is 0 Å². The number of hydrogen-bond donors (Lipinski definition) is 1. The molecule has 0 atom stereocenters. The zero-order valence-corrected chi connectivity index (χ0v) is 8.97. The van der Waals surface area contributed by atoms with Crippen molar-refractivity contribution in [2.75, 3.05) is 7.11 Å². The average Bonchev–Trinajstić information content (AvgIpc) is 2.15. The van der Waals surface area contributed by atoms with Crippen LogP contribution in [0.1, 0.15) is 12.5 Å². The molecule has 2 N–H and O–H groups in total. The van der Waals surface area contributed by atoms with Crippen LogP contribution in [0.15, 0.2) is 23.1 Å². The molecule has 78 valence electrons. The summed E-state index contributed by atoms with van der Waals surface area (Å²) in [6.07, 6.45) is 0.821. The Hall–Kier alpha value is -1.07. The Morgan fingerprint density at radius 2 is 2.07 bits per heavy atom. The van der Waals surface area contributed by atoms with E-state index in [2.05, 4.69) is 0 Å². The Morgan fingerprint density at radius 3 is 2.50 bits per heavy atom. The first-order valence-electron chi connectivity index (χ1n) is 4.18. The van der Waals surface area contributed by atoms with E-state index in [0.29, 0.717) is 5.75 Å². The van der Waals surface area contributed by atoms with Gasteiger partial charge in [-0.05, 0) is 24.1 Å². The Kier molecular flexibility index (Phi) is 3.13. The van der Waals surface area contributed by atoms with Crippen LogP contribution < -0.4 is 9.88 Å². The van der Waals surface area contributed by atoms with Crippen LogP contribution in [0.5, 0.6) is 5.75 Å². The van der Waals surface area contributed by atoms with Gasteiger partial charge in [0.2, 0.25) is 10.0 Å². The molecule has 0 saturated heterocycles. The first kappa shape index (κ1) is 11.0. The normalized spacial score (nSPS) is 11.4. The summed E-state index contributed by atoms with van der Waals surface area (Å²) in [5, 5.41) is 5.02. The quantitative estimate of drug-likeness (QED) is 0.814. The van der Waals surface area contributed by atoms with Gasteiger partial charge in [0.1, 0.15) is 10.6 Å². The highest BCUT2D eigenvalue weighted by molar-refractivity contribution is 7.89. The number of methoxy groups -OCH3 is 1. The van der Waals surface area contributed by atoms with Gasteiger partial charge in [0.25, 0.3) is 0 Å². The summed E-state index contributed by atoms with van der Waals surface area (Å²) in [6.45, 7) is 1.98. The minimum absolute atomic E-state index is 0.0252. The highest BCUT2D eigenvalue weighted by Gasteiger charge is 2.14. The standard InChI is InChI=1S/C9H13NO3S/c1-3-7-4-5-9(14(10,11)12)8(6-7)13-2/h4-6H,3H2,1-2H3,(H2,10,11,12). The highest BCUT2D eigenvalue weighted by atomic mass is 32.2. The predicted molar refractivity (Wildman–Crippen MR) is 53.7 cm³/mol. The number of sulfonamides is 1. The molecule has 4 nitrogen and oxygen atoms in total. The van der Waals surface area contributed by atoms with Crippen molar-refractivity contribution in [1.82, 2.24) is 0 Å². The SMILES string of the molecule is CCc1ccc(S(N)(=O)=O)c(OC)c1. The van der Waals surface area contributed by atoms with Gasteiger partial charge in [0.15, 0.2) is 0 Å². The number of benzene rings is 1. The first-order valence-corrected chi connectivity index (χ1v) is 5.73. The zero-order chi connectivity index (χ0) is 10.8. The fourth-order valence-electron chi connectivity index (χ4n) is 1.17. The van der Waals surface area contributed by atoms with Crippen molar-refractivity contribution in [3.8, 4) is 5.75 Å². The summed E-state index contributed by atoms with van der Waals surface area (Å²) in [5.41, 5.74) is 1.01. The van der Waals surface area contributed by atoms with Gasteiger partial charge in [0.05, 0.1) is 7.11 Å². The van der Waals surface area contributed by atoms with Gasteiger partial charge >= 0.3 is 0 Å². The fourth-order valence-corrected chi connectivity index (χ4v) is 1.85. The van der Waals surface area contributed by atoms with Crippen LogP contribution in [0.25, 0.3) is 0 Å². The summed E-state index contributed by atoms with van der Waals surface area (Å²) in [6, 6.07) is 4.87. The second kappa shape index (κ2) is 3.98. The van der Waals surface area contributed by atoms with Crippen molar-refractivity contribution in [3.63, 3.8) is 0 Å². The molecular weight excluding hydrogens is 202 g/mol. The van der Waals surface area contributed by atoms with Gasteiger partial charge < -0.3 is 4.74 Å². The van der Waals surface area contributed by atoms with Crippen LogP contribution in [0.4, 0.5) is 0 Å². The molecule has 5 heteroatoms. The van der Waals surface area contributed by atoms with Crippen LogP contribution in [-0.4, -0.2) is 15.5 Å². The molecule has 0 bridgehead atoms. The van der Waals surface area contributed by atoms with E-state index in [0.717, 1.165) is 12.0 Å². The lowest BCUT2D eigenvalue weighted by Gasteiger charge is -2.07. The molecule has 0 radical (unpaired) electrons. The van der Waals surface area contributed by atoms with Crippen molar-refractivity contribution >= 4 is 10.0 Å². The van der Waals surface area contributed by atoms with E-state index in [-0.39, 0.29) is 4.90 Å². The van der Waals surface area contributed by atoms with Crippen LogP contribution in [0, 0.1) is 0 Å². The monoisotopic (exact) mass is 215 g/mol. The third-order valence-electron chi connectivity index (χ3n) is 1.94. The maximum atomic E-state index is 11.1. The maximum Gasteiger partial charge on any atom is 0.241 e. The third-order valence-corrected chi connectivity index (χ3v) is 2.89. The first-order chi connectivity index (χ1) is 6.49. The van der Waals surface area contributed by atoms with Gasteiger partial charge in [-0.1, -0.05) is 13.0 Å². The van der Waals surface area contributed by atoms with Crippen molar-refractivity contribution in [2.45, 2.75) is 18.2 Å². The minimum Gasteiger partial charge on any atom is -0.495 e. The Labute approximate surface area is 83.7 Å². The fraction of sp³-hybridized carbons (Fsp3) is 0.333. The minimum atomic E-state index is -3.70. The number of nitrogens with two attached hydrogens (primary N) is 1. The summed E-state index contributed by atoms with van der Waals surface area (Å²) in [5.74, 6) is 0.298. The molecule has 1 rings (SSSR count). The van der Waals surface area contributed by atoms with Crippen molar-refractivity contribution in [3.05, 3.63) is 23.8 Å². The molecular formula is C9H13NO3S. The molecule has 0 aromatic heterocycles. The molecule has 1 aromatic rings. The summed E-state index contributed by atoms with van der Waals surface area (Å²) in [4.78, 5) is 0.0252. The highest BCUT2D eigenvalue weighted by Crippen LogP contribution is 2.23. The van der Waals surface area contributed by atoms with E-state index in [4.69, 9.17) is 9.88 Å². The predicted octanol–water partition coefficient (Wildman–Crippen LogP) is 0.905. The van der Waals surface area contributed by atoms with Gasteiger partial charge in [-0.25, -0.2) is 13.6 Å². The molecule has 1 aromatic carbocycles. The van der Waals surface area contributed by atoms with E-state index in [1.807, 2.05) is 6.92 Å². The number of primary sulfonamides is 1. The molecule has 0 spiro atoms. The number of rotatable bonds is 3. The second-order valence-electron chi connectivity index (χ2n) is 2.88. The molecule has 0 saturated carbocycles. The molecule has 0 amide bonds. The van der Waals surface area contributed by atoms with Crippen LogP contribution in [-0.2, 0) is 16.4 Å². The Balaban J connectivity index is 3.33. The Morgan fingerprint density at radius 1 is 1.43 bits per heavy atom. The Bertz CT molecular complexity index is 426. The van der Waals surface area contributed by atoms with E-state index in [1.165, 1.54) is 13.2 Å². The van der Waals surface area contributed by atoms with Gasteiger partial charge in [-0.15, -0.1) is 0 Å². The largest absolute Gasteiger partial charge is 0.495 e. The van der Waals surface area contributed by atoms with E-state index >= 15 is 0 Å². The maximum absolute atomic E-state index is 11.1. The second-order valence-corrected chi connectivity index (χ2v) is 4.41. The summed E-state index contributed by atoms with van der Waals surface area (Å²) >= 11 is 0. The van der Waals surface area contributed by atoms with E-state index in [9.17, 15) is 8.42 Å². The summed E-state index contributed by atoms with van der Waals surface area (Å²) < 4.78 is 27.2. The van der Waals surface area contributed by atoms with Crippen molar-refractivity contribution < 1.29 is 13.2 Å².